The molecule has 0 heterocycles. The van der Waals surface area contributed by atoms with E-state index in [2.05, 4.69) is 31.9 Å². The predicted octanol–water partition coefficient (Wildman–Crippen LogP) is 2.66. The Balaban J connectivity index is 2.87. The van der Waals surface area contributed by atoms with Crippen molar-refractivity contribution in [3.63, 3.8) is 0 Å². The average molecular weight is 308 g/mol. The van der Waals surface area contributed by atoms with Crippen LogP contribution >= 0.6 is 31.9 Å². The number of hydrogen-bond donors (Lipinski definition) is 1. The third-order valence-corrected chi connectivity index (χ3v) is 2.97. The van der Waals surface area contributed by atoms with Crippen molar-refractivity contribution in [3.8, 4) is 5.75 Å². The number of Topliss-reactive ketones (excluding diaryl/α,β-unsaturated/α-hetero) is 1. The second-order valence-corrected chi connectivity index (χ2v) is 4.04. The van der Waals surface area contributed by atoms with Gasteiger partial charge in [0, 0.05) is 10.9 Å². The highest BCUT2D eigenvalue weighted by atomic mass is 79.9. The van der Waals surface area contributed by atoms with E-state index in [0.717, 1.165) is 10.0 Å². The first kappa shape index (κ1) is 10.7. The summed E-state index contributed by atoms with van der Waals surface area (Å²) in [5.74, 6) is 0.270. The number of carbonyl (C=O) groups is 1. The van der Waals surface area contributed by atoms with Crippen molar-refractivity contribution in [1.82, 2.24) is 0 Å². The van der Waals surface area contributed by atoms with Crippen LogP contribution in [0.15, 0.2) is 22.7 Å². The minimum absolute atomic E-state index is 0.0892. The lowest BCUT2D eigenvalue weighted by Crippen LogP contribution is -2.03. The lowest BCUT2D eigenvalue weighted by Gasteiger charge is -2.02. The van der Waals surface area contributed by atoms with Crippen LogP contribution in [0.3, 0.4) is 0 Å². The summed E-state index contributed by atoms with van der Waals surface area (Å²) in [6.45, 7) is 0. The van der Waals surface area contributed by atoms with Crippen LogP contribution in [-0.4, -0.2) is 16.2 Å². The van der Waals surface area contributed by atoms with E-state index in [1.807, 2.05) is 0 Å². The average Bonchev–Trinajstić information content (AvgIpc) is 2.11. The van der Waals surface area contributed by atoms with E-state index in [4.69, 9.17) is 0 Å². The molecular formula is C9H8Br2O2. The molecule has 1 N–H and O–H groups in total. The number of phenols is 1. The van der Waals surface area contributed by atoms with E-state index in [0.29, 0.717) is 11.8 Å². The van der Waals surface area contributed by atoms with Crippen LogP contribution in [0, 0.1) is 0 Å². The van der Waals surface area contributed by atoms with Gasteiger partial charge in [0.15, 0.2) is 0 Å². The van der Waals surface area contributed by atoms with Crippen LogP contribution in [-0.2, 0) is 11.2 Å². The van der Waals surface area contributed by atoms with Gasteiger partial charge in [-0.2, -0.15) is 0 Å². The molecule has 0 atom stereocenters. The molecule has 0 aromatic heterocycles. The zero-order valence-electron chi connectivity index (χ0n) is 6.76. The zero-order chi connectivity index (χ0) is 9.84. The SMILES string of the molecule is O=C(CBr)Cc1cc(O)ccc1Br. The Morgan fingerprint density at radius 3 is 2.77 bits per heavy atom. The van der Waals surface area contributed by atoms with E-state index in [9.17, 15) is 9.90 Å². The molecule has 70 valence electrons. The molecule has 0 bridgehead atoms. The number of ketones is 1. The van der Waals surface area contributed by atoms with Crippen molar-refractivity contribution in [2.24, 2.45) is 0 Å². The normalized spacial score (nSPS) is 10.0. The van der Waals surface area contributed by atoms with E-state index in [1.165, 1.54) is 0 Å². The highest BCUT2D eigenvalue weighted by molar-refractivity contribution is 9.10. The van der Waals surface area contributed by atoms with Crippen molar-refractivity contribution in [1.29, 1.82) is 0 Å². The van der Waals surface area contributed by atoms with Crippen LogP contribution in [0.5, 0.6) is 5.75 Å². The minimum atomic E-state index is 0.0892. The Kier molecular flexibility index (Phi) is 3.93. The maximum absolute atomic E-state index is 11.1. The first-order valence-electron chi connectivity index (χ1n) is 3.68. The number of benzene rings is 1. The monoisotopic (exact) mass is 306 g/mol. The molecule has 2 nitrogen and oxygen atoms in total. The van der Waals surface area contributed by atoms with Gasteiger partial charge in [0.05, 0.1) is 5.33 Å². The van der Waals surface area contributed by atoms with Gasteiger partial charge in [0.2, 0.25) is 0 Å². The van der Waals surface area contributed by atoms with Gasteiger partial charge in [-0.3, -0.25) is 4.79 Å². The Hall–Kier alpha value is -0.350. The summed E-state index contributed by atoms with van der Waals surface area (Å²) in [5.41, 5.74) is 0.810. The molecule has 0 spiro atoms. The number of hydrogen-bond acceptors (Lipinski definition) is 2. The van der Waals surface area contributed by atoms with Gasteiger partial charge in [0.25, 0.3) is 0 Å². The highest BCUT2D eigenvalue weighted by Crippen LogP contribution is 2.22. The van der Waals surface area contributed by atoms with E-state index in [1.54, 1.807) is 18.2 Å². The first-order valence-corrected chi connectivity index (χ1v) is 5.60. The molecular weight excluding hydrogens is 300 g/mol. The smallest absolute Gasteiger partial charge is 0.147 e. The van der Waals surface area contributed by atoms with Gasteiger partial charge in [-0.05, 0) is 23.8 Å². The highest BCUT2D eigenvalue weighted by Gasteiger charge is 2.06. The van der Waals surface area contributed by atoms with E-state index in [-0.39, 0.29) is 11.5 Å². The van der Waals surface area contributed by atoms with E-state index >= 15 is 0 Å². The summed E-state index contributed by atoms with van der Waals surface area (Å²) < 4.78 is 0.847. The number of phenolic OH excluding ortho intramolecular Hbond substituents is 1. The molecule has 0 aliphatic rings. The quantitative estimate of drug-likeness (QED) is 0.872. The van der Waals surface area contributed by atoms with Gasteiger partial charge in [-0.25, -0.2) is 0 Å². The lowest BCUT2D eigenvalue weighted by atomic mass is 10.1. The molecule has 0 saturated carbocycles. The number of halogens is 2. The fourth-order valence-corrected chi connectivity index (χ4v) is 1.54. The summed E-state index contributed by atoms with van der Waals surface area (Å²) >= 11 is 6.40. The van der Waals surface area contributed by atoms with Crippen molar-refractivity contribution in [2.45, 2.75) is 6.42 Å². The number of alkyl halides is 1. The second kappa shape index (κ2) is 4.77. The topological polar surface area (TPSA) is 37.3 Å². The van der Waals surface area contributed by atoms with E-state index < -0.39 is 0 Å². The fraction of sp³-hybridized carbons (Fsp3) is 0.222. The van der Waals surface area contributed by atoms with Crippen LogP contribution in [0.1, 0.15) is 5.56 Å². The molecule has 0 radical (unpaired) electrons. The molecule has 4 heteroatoms. The second-order valence-electron chi connectivity index (χ2n) is 2.62. The number of aromatic hydroxyl groups is 1. The Labute approximate surface area is 93.2 Å². The summed E-state index contributed by atoms with van der Waals surface area (Å²) in [6.07, 6.45) is 0.334. The van der Waals surface area contributed by atoms with Crippen molar-refractivity contribution in [2.75, 3.05) is 5.33 Å². The van der Waals surface area contributed by atoms with Crippen LogP contribution < -0.4 is 0 Å². The van der Waals surface area contributed by atoms with Crippen molar-refractivity contribution in [3.05, 3.63) is 28.2 Å². The third kappa shape index (κ3) is 3.12. The van der Waals surface area contributed by atoms with Crippen LogP contribution in [0.4, 0.5) is 0 Å². The minimum Gasteiger partial charge on any atom is -0.508 e. The lowest BCUT2D eigenvalue weighted by molar-refractivity contribution is -0.115. The van der Waals surface area contributed by atoms with Gasteiger partial charge < -0.3 is 5.11 Å². The standard InChI is InChI=1S/C9H8Br2O2/c10-5-8(13)4-6-3-7(12)1-2-9(6)11/h1-3,12H,4-5H2. The van der Waals surface area contributed by atoms with Gasteiger partial charge in [-0.1, -0.05) is 31.9 Å². The van der Waals surface area contributed by atoms with Crippen molar-refractivity contribution >= 4 is 37.6 Å². The molecule has 1 aromatic rings. The molecule has 0 fully saturated rings. The Morgan fingerprint density at radius 1 is 1.46 bits per heavy atom. The number of carbonyl (C=O) groups excluding carboxylic acids is 1. The molecule has 0 amide bonds. The maximum Gasteiger partial charge on any atom is 0.147 e. The predicted molar refractivity (Wildman–Crippen MR) is 58.3 cm³/mol. The summed E-state index contributed by atoms with van der Waals surface area (Å²) in [4.78, 5) is 11.1. The first-order chi connectivity index (χ1) is 6.13. The van der Waals surface area contributed by atoms with Crippen LogP contribution in [0.25, 0.3) is 0 Å². The third-order valence-electron chi connectivity index (χ3n) is 1.57. The molecule has 0 unspecified atom stereocenters. The van der Waals surface area contributed by atoms with Gasteiger partial charge >= 0.3 is 0 Å². The summed E-state index contributed by atoms with van der Waals surface area (Å²) in [7, 11) is 0. The Bertz CT molecular complexity index is 323. The molecule has 1 aromatic carbocycles. The molecule has 0 aliphatic heterocycles. The molecule has 0 aliphatic carbocycles. The number of rotatable bonds is 3. The largest absolute Gasteiger partial charge is 0.508 e. The Morgan fingerprint density at radius 2 is 2.15 bits per heavy atom. The zero-order valence-corrected chi connectivity index (χ0v) is 9.93. The molecule has 1 rings (SSSR count). The summed E-state index contributed by atoms with van der Waals surface area (Å²) in [6, 6.07) is 4.89. The molecule has 13 heavy (non-hydrogen) atoms. The fourth-order valence-electron chi connectivity index (χ4n) is 0.956. The van der Waals surface area contributed by atoms with Gasteiger partial charge in [0.1, 0.15) is 11.5 Å². The van der Waals surface area contributed by atoms with Crippen LogP contribution in [0.2, 0.25) is 0 Å². The molecule has 0 saturated heterocycles. The maximum atomic E-state index is 11.1. The van der Waals surface area contributed by atoms with Gasteiger partial charge in [-0.15, -0.1) is 0 Å². The van der Waals surface area contributed by atoms with Crippen molar-refractivity contribution < 1.29 is 9.90 Å². The summed E-state index contributed by atoms with van der Waals surface area (Å²) in [5, 5.41) is 9.52.